The van der Waals surface area contributed by atoms with Gasteiger partial charge in [0.15, 0.2) is 0 Å². The molecule has 1 heterocycles. The highest BCUT2D eigenvalue weighted by Gasteiger charge is 2.14. The lowest BCUT2D eigenvalue weighted by atomic mass is 10.1. The quantitative estimate of drug-likeness (QED) is 0.869. The molecule has 0 unspecified atom stereocenters. The van der Waals surface area contributed by atoms with Gasteiger partial charge in [-0.3, -0.25) is 0 Å². The molecular formula is C17H24N2OS. The van der Waals surface area contributed by atoms with Crippen LogP contribution in [0, 0.1) is 13.8 Å². The van der Waals surface area contributed by atoms with E-state index in [0.717, 1.165) is 17.3 Å². The molecule has 0 aliphatic heterocycles. The summed E-state index contributed by atoms with van der Waals surface area (Å²) in [5.74, 6) is 1.36. The van der Waals surface area contributed by atoms with Crippen LogP contribution in [-0.2, 0) is 13.2 Å². The number of hydrogen-bond donors (Lipinski definition) is 1. The van der Waals surface area contributed by atoms with Crippen molar-refractivity contribution in [2.75, 3.05) is 7.05 Å². The lowest BCUT2D eigenvalue weighted by Gasteiger charge is -2.06. The van der Waals surface area contributed by atoms with Gasteiger partial charge in [0.2, 0.25) is 0 Å². The summed E-state index contributed by atoms with van der Waals surface area (Å²) in [5, 5.41) is 4.25. The second-order valence-corrected chi connectivity index (χ2v) is 6.80. The third-order valence-electron chi connectivity index (χ3n) is 3.50. The molecule has 0 spiro atoms. The molecule has 1 N–H and O–H groups in total. The van der Waals surface area contributed by atoms with Crippen LogP contribution in [0.15, 0.2) is 18.2 Å². The highest BCUT2D eigenvalue weighted by Crippen LogP contribution is 2.26. The van der Waals surface area contributed by atoms with Gasteiger partial charge in [-0.25, -0.2) is 4.98 Å². The number of nitrogens with one attached hydrogen (secondary N) is 1. The lowest BCUT2D eigenvalue weighted by molar-refractivity contribution is 0.305. The summed E-state index contributed by atoms with van der Waals surface area (Å²) in [6, 6.07) is 6.20. The zero-order valence-corrected chi connectivity index (χ0v) is 14.3. The van der Waals surface area contributed by atoms with Crippen molar-refractivity contribution in [1.82, 2.24) is 10.3 Å². The van der Waals surface area contributed by atoms with E-state index in [9.17, 15) is 0 Å². The predicted molar refractivity (Wildman–Crippen MR) is 89.2 cm³/mol. The van der Waals surface area contributed by atoms with Crippen molar-refractivity contribution >= 4 is 11.3 Å². The zero-order valence-electron chi connectivity index (χ0n) is 13.5. The Kier molecular flexibility index (Phi) is 5.37. The number of rotatable bonds is 6. The third-order valence-corrected chi connectivity index (χ3v) is 4.54. The summed E-state index contributed by atoms with van der Waals surface area (Å²) < 4.78 is 5.88. The van der Waals surface area contributed by atoms with Gasteiger partial charge < -0.3 is 10.1 Å². The topological polar surface area (TPSA) is 34.1 Å². The Morgan fingerprint density at radius 3 is 2.62 bits per heavy atom. The summed E-state index contributed by atoms with van der Waals surface area (Å²) in [4.78, 5) is 6.05. The Balaban J connectivity index is 2.09. The van der Waals surface area contributed by atoms with Crippen molar-refractivity contribution in [3.05, 3.63) is 44.9 Å². The van der Waals surface area contributed by atoms with Crippen LogP contribution >= 0.6 is 11.3 Å². The largest absolute Gasteiger partial charge is 0.486 e. The Morgan fingerprint density at radius 2 is 2.00 bits per heavy atom. The maximum absolute atomic E-state index is 5.88. The van der Waals surface area contributed by atoms with Crippen molar-refractivity contribution in [3.8, 4) is 5.75 Å². The minimum Gasteiger partial charge on any atom is -0.486 e. The fourth-order valence-corrected chi connectivity index (χ4v) is 3.31. The van der Waals surface area contributed by atoms with Crippen LogP contribution in [0.5, 0.6) is 5.75 Å². The van der Waals surface area contributed by atoms with Gasteiger partial charge in [0.1, 0.15) is 17.4 Å². The molecule has 2 aromatic rings. The van der Waals surface area contributed by atoms with E-state index in [4.69, 9.17) is 9.72 Å². The van der Waals surface area contributed by atoms with Crippen LogP contribution in [0.1, 0.15) is 46.5 Å². The summed E-state index contributed by atoms with van der Waals surface area (Å²) in [5.41, 5.74) is 3.73. The zero-order chi connectivity index (χ0) is 15.4. The van der Waals surface area contributed by atoms with Crippen molar-refractivity contribution in [1.29, 1.82) is 0 Å². The Labute approximate surface area is 131 Å². The predicted octanol–water partition coefficient (Wildman–Crippen LogP) is 4.18. The normalized spacial score (nSPS) is 11.1. The summed E-state index contributed by atoms with van der Waals surface area (Å²) in [6.45, 7) is 9.99. The average Bonchev–Trinajstić information content (AvgIpc) is 2.84. The Hall–Kier alpha value is -1.39. The van der Waals surface area contributed by atoms with E-state index in [1.165, 1.54) is 21.7 Å². The molecule has 0 fully saturated rings. The number of aromatic nitrogens is 1. The Bertz CT molecular complexity index is 605. The number of hydrogen-bond acceptors (Lipinski definition) is 4. The van der Waals surface area contributed by atoms with Crippen molar-refractivity contribution in [2.45, 2.75) is 46.8 Å². The molecule has 0 saturated heterocycles. The van der Waals surface area contributed by atoms with Crippen LogP contribution in [0.3, 0.4) is 0 Å². The molecule has 0 bridgehead atoms. The van der Waals surface area contributed by atoms with Gasteiger partial charge in [0.25, 0.3) is 0 Å². The van der Waals surface area contributed by atoms with Gasteiger partial charge in [-0.05, 0) is 50.1 Å². The molecular weight excluding hydrogens is 280 g/mol. The van der Waals surface area contributed by atoms with Crippen molar-refractivity contribution in [3.63, 3.8) is 0 Å². The van der Waals surface area contributed by atoms with E-state index in [-0.39, 0.29) is 0 Å². The Morgan fingerprint density at radius 1 is 1.24 bits per heavy atom. The van der Waals surface area contributed by atoms with Crippen LogP contribution in [0.4, 0.5) is 0 Å². The maximum Gasteiger partial charge on any atom is 0.140 e. The number of thiazole rings is 1. The second kappa shape index (κ2) is 7.05. The smallest absolute Gasteiger partial charge is 0.140 e. The first-order chi connectivity index (χ1) is 10.0. The maximum atomic E-state index is 5.88. The minimum absolute atomic E-state index is 0.444. The first kappa shape index (κ1) is 16.0. The molecule has 0 amide bonds. The van der Waals surface area contributed by atoms with Gasteiger partial charge in [0.05, 0.1) is 5.69 Å². The van der Waals surface area contributed by atoms with Crippen LogP contribution < -0.4 is 10.1 Å². The van der Waals surface area contributed by atoms with E-state index in [1.807, 2.05) is 13.1 Å². The van der Waals surface area contributed by atoms with Gasteiger partial charge in [-0.2, -0.15) is 0 Å². The van der Waals surface area contributed by atoms with Crippen molar-refractivity contribution < 1.29 is 4.74 Å². The summed E-state index contributed by atoms with van der Waals surface area (Å²) >= 11 is 1.74. The highest BCUT2D eigenvalue weighted by atomic mass is 32.1. The van der Waals surface area contributed by atoms with E-state index in [1.54, 1.807) is 11.3 Å². The monoisotopic (exact) mass is 304 g/mol. The minimum atomic E-state index is 0.444. The molecule has 2 rings (SSSR count). The molecule has 4 heteroatoms. The molecule has 114 valence electrons. The summed E-state index contributed by atoms with van der Waals surface area (Å²) in [6.07, 6.45) is 0. The third kappa shape index (κ3) is 4.05. The molecule has 1 aromatic carbocycles. The van der Waals surface area contributed by atoms with E-state index in [2.05, 4.69) is 45.1 Å². The van der Waals surface area contributed by atoms with Gasteiger partial charge in [0, 0.05) is 11.4 Å². The highest BCUT2D eigenvalue weighted by molar-refractivity contribution is 7.11. The van der Waals surface area contributed by atoms with Crippen LogP contribution in [0.25, 0.3) is 0 Å². The van der Waals surface area contributed by atoms with Gasteiger partial charge in [-0.15, -0.1) is 11.3 Å². The SMILES string of the molecule is CNCc1sc(COc2ccc(C)c(C)c2)nc1C(C)C. The number of ether oxygens (including phenoxy) is 1. The second-order valence-electron chi connectivity index (χ2n) is 5.64. The van der Waals surface area contributed by atoms with Crippen LogP contribution in [0.2, 0.25) is 0 Å². The van der Waals surface area contributed by atoms with Gasteiger partial charge in [-0.1, -0.05) is 19.9 Å². The number of aryl methyl sites for hydroxylation is 2. The molecule has 21 heavy (non-hydrogen) atoms. The molecule has 0 radical (unpaired) electrons. The fourth-order valence-electron chi connectivity index (χ4n) is 2.16. The van der Waals surface area contributed by atoms with Crippen molar-refractivity contribution in [2.24, 2.45) is 0 Å². The molecule has 3 nitrogen and oxygen atoms in total. The van der Waals surface area contributed by atoms with Gasteiger partial charge >= 0.3 is 0 Å². The standard InChI is InChI=1S/C17H24N2OS/c1-11(2)17-15(9-18-5)21-16(19-17)10-20-14-7-6-12(3)13(4)8-14/h6-8,11,18H,9-10H2,1-5H3. The first-order valence-electron chi connectivity index (χ1n) is 7.34. The van der Waals surface area contributed by atoms with E-state index >= 15 is 0 Å². The average molecular weight is 304 g/mol. The summed E-state index contributed by atoms with van der Waals surface area (Å²) in [7, 11) is 1.97. The number of benzene rings is 1. The first-order valence-corrected chi connectivity index (χ1v) is 8.16. The molecule has 0 atom stereocenters. The fraction of sp³-hybridized carbons (Fsp3) is 0.471. The van der Waals surface area contributed by atoms with Crippen LogP contribution in [-0.4, -0.2) is 12.0 Å². The lowest BCUT2D eigenvalue weighted by Crippen LogP contribution is -2.06. The number of nitrogens with zero attached hydrogens (tertiary/aromatic N) is 1. The van der Waals surface area contributed by atoms with E-state index in [0.29, 0.717) is 12.5 Å². The van der Waals surface area contributed by atoms with E-state index < -0.39 is 0 Å². The molecule has 0 aliphatic carbocycles. The molecule has 0 aliphatic rings. The molecule has 0 saturated carbocycles. The molecule has 1 aromatic heterocycles.